The Bertz CT molecular complexity index is 299. The quantitative estimate of drug-likeness (QED) is 0.706. The molecule has 1 aromatic heterocycles. The first-order chi connectivity index (χ1) is 8.22. The van der Waals surface area contributed by atoms with E-state index in [4.69, 9.17) is 9.47 Å². The summed E-state index contributed by atoms with van der Waals surface area (Å²) in [4.78, 5) is 4.27. The van der Waals surface area contributed by atoms with Crippen molar-refractivity contribution in [2.45, 2.75) is 33.5 Å². The van der Waals surface area contributed by atoms with Gasteiger partial charge in [-0.25, -0.2) is 4.98 Å². The minimum atomic E-state index is 0.264. The third kappa shape index (κ3) is 6.24. The monoisotopic (exact) mass is 238 g/mol. The van der Waals surface area contributed by atoms with E-state index in [0.29, 0.717) is 19.8 Å². The number of rotatable bonds is 8. The highest BCUT2D eigenvalue weighted by atomic mass is 16.5. The lowest BCUT2D eigenvalue weighted by Gasteiger charge is -2.08. The zero-order chi connectivity index (χ0) is 12.5. The second-order valence-electron chi connectivity index (χ2n) is 4.05. The molecule has 0 amide bonds. The summed E-state index contributed by atoms with van der Waals surface area (Å²) < 4.78 is 10.9. The molecule has 1 N–H and O–H groups in total. The zero-order valence-electron chi connectivity index (χ0n) is 10.9. The Kier molecular flexibility index (Phi) is 6.58. The fourth-order valence-electron chi connectivity index (χ4n) is 1.33. The molecule has 1 heterocycles. The van der Waals surface area contributed by atoms with Gasteiger partial charge in [0.25, 0.3) is 0 Å². The highest BCUT2D eigenvalue weighted by Crippen LogP contribution is 2.05. The molecule has 0 saturated heterocycles. The Balaban J connectivity index is 2.18. The first-order valence-electron chi connectivity index (χ1n) is 6.10. The number of hydrogen-bond donors (Lipinski definition) is 1. The maximum Gasteiger partial charge on any atom is 0.125 e. The lowest BCUT2D eigenvalue weighted by atomic mass is 10.3. The van der Waals surface area contributed by atoms with Crippen LogP contribution >= 0.6 is 0 Å². The minimum absolute atomic E-state index is 0.264. The van der Waals surface area contributed by atoms with Crippen LogP contribution in [0.25, 0.3) is 0 Å². The van der Waals surface area contributed by atoms with Crippen LogP contribution in [-0.2, 0) is 16.1 Å². The van der Waals surface area contributed by atoms with Crippen molar-refractivity contribution in [3.05, 3.63) is 23.9 Å². The molecule has 4 nitrogen and oxygen atoms in total. The first kappa shape index (κ1) is 13.9. The van der Waals surface area contributed by atoms with Crippen molar-refractivity contribution in [1.82, 2.24) is 4.98 Å². The number of nitrogens with zero attached hydrogens (tertiary/aromatic N) is 1. The molecule has 0 saturated carbocycles. The summed E-state index contributed by atoms with van der Waals surface area (Å²) in [5.41, 5.74) is 1.08. The number of aromatic nitrogens is 1. The summed E-state index contributed by atoms with van der Waals surface area (Å²) in [6.07, 6.45) is 2.10. The molecule has 4 heteroatoms. The highest BCUT2D eigenvalue weighted by molar-refractivity contribution is 5.34. The van der Waals surface area contributed by atoms with Crippen molar-refractivity contribution in [1.29, 1.82) is 0 Å². The number of anilines is 1. The van der Waals surface area contributed by atoms with E-state index in [1.54, 1.807) is 0 Å². The molecule has 0 aliphatic carbocycles. The van der Waals surface area contributed by atoms with Crippen molar-refractivity contribution in [2.24, 2.45) is 0 Å². The van der Waals surface area contributed by atoms with Crippen LogP contribution in [0.2, 0.25) is 0 Å². The molecule has 1 rings (SSSR count). The Morgan fingerprint density at radius 1 is 1.29 bits per heavy atom. The topological polar surface area (TPSA) is 43.4 Å². The van der Waals surface area contributed by atoms with E-state index in [1.807, 2.05) is 39.1 Å². The van der Waals surface area contributed by atoms with Crippen molar-refractivity contribution in [2.75, 3.05) is 25.1 Å². The van der Waals surface area contributed by atoms with E-state index < -0.39 is 0 Å². The first-order valence-corrected chi connectivity index (χ1v) is 6.10. The van der Waals surface area contributed by atoms with Crippen molar-refractivity contribution >= 4 is 5.82 Å². The molecule has 0 radical (unpaired) electrons. The molecule has 0 bridgehead atoms. The molecule has 0 aliphatic rings. The molecule has 17 heavy (non-hydrogen) atoms. The van der Waals surface area contributed by atoms with E-state index in [2.05, 4.69) is 10.3 Å². The molecule has 1 aromatic rings. The third-order valence-electron chi connectivity index (χ3n) is 2.13. The molecule has 0 spiro atoms. The van der Waals surface area contributed by atoms with Gasteiger partial charge in [-0.3, -0.25) is 0 Å². The van der Waals surface area contributed by atoms with Gasteiger partial charge in [0, 0.05) is 12.7 Å². The van der Waals surface area contributed by atoms with E-state index in [0.717, 1.165) is 17.9 Å². The Morgan fingerprint density at radius 2 is 2.12 bits per heavy atom. The predicted octanol–water partition coefficient (Wildman–Crippen LogP) is 2.46. The van der Waals surface area contributed by atoms with Gasteiger partial charge in [-0.2, -0.15) is 0 Å². The summed E-state index contributed by atoms with van der Waals surface area (Å²) in [5, 5.41) is 3.15. The van der Waals surface area contributed by atoms with E-state index in [9.17, 15) is 0 Å². The third-order valence-corrected chi connectivity index (χ3v) is 2.13. The van der Waals surface area contributed by atoms with Crippen LogP contribution < -0.4 is 5.32 Å². The summed E-state index contributed by atoms with van der Waals surface area (Å²) >= 11 is 0. The fraction of sp³-hybridized carbons (Fsp3) is 0.615. The Morgan fingerprint density at radius 3 is 2.71 bits per heavy atom. The molecular formula is C13H22N2O2. The smallest absolute Gasteiger partial charge is 0.125 e. The van der Waals surface area contributed by atoms with E-state index in [1.165, 1.54) is 0 Å². The van der Waals surface area contributed by atoms with E-state index in [-0.39, 0.29) is 6.10 Å². The zero-order valence-corrected chi connectivity index (χ0v) is 10.9. The van der Waals surface area contributed by atoms with Crippen LogP contribution in [0.3, 0.4) is 0 Å². The second-order valence-corrected chi connectivity index (χ2v) is 4.05. The number of hydrogen-bond acceptors (Lipinski definition) is 4. The van der Waals surface area contributed by atoms with Crippen molar-refractivity contribution < 1.29 is 9.47 Å². The second kappa shape index (κ2) is 8.03. The molecule has 0 aliphatic heterocycles. The van der Waals surface area contributed by atoms with Crippen LogP contribution in [-0.4, -0.2) is 30.8 Å². The fourth-order valence-corrected chi connectivity index (χ4v) is 1.33. The van der Waals surface area contributed by atoms with Crippen LogP contribution in [0.5, 0.6) is 0 Å². The predicted molar refractivity (Wildman–Crippen MR) is 69.1 cm³/mol. The van der Waals surface area contributed by atoms with Gasteiger partial charge < -0.3 is 14.8 Å². The van der Waals surface area contributed by atoms with Crippen LogP contribution in [0.1, 0.15) is 26.3 Å². The van der Waals surface area contributed by atoms with Crippen molar-refractivity contribution in [3.63, 3.8) is 0 Å². The summed E-state index contributed by atoms with van der Waals surface area (Å²) in [7, 11) is 0. The average Bonchev–Trinajstić information content (AvgIpc) is 2.31. The van der Waals surface area contributed by atoms with Crippen LogP contribution in [0.4, 0.5) is 5.82 Å². The number of nitrogens with one attached hydrogen (secondary N) is 1. The van der Waals surface area contributed by atoms with Gasteiger partial charge in [0.05, 0.1) is 25.9 Å². The highest BCUT2D eigenvalue weighted by Gasteiger charge is 1.97. The minimum Gasteiger partial charge on any atom is -0.376 e. The Hall–Kier alpha value is -1.13. The lowest BCUT2D eigenvalue weighted by molar-refractivity contribution is 0.0142. The molecule has 0 fully saturated rings. The van der Waals surface area contributed by atoms with Gasteiger partial charge in [0.2, 0.25) is 0 Å². The maximum absolute atomic E-state index is 5.48. The van der Waals surface area contributed by atoms with Crippen LogP contribution in [0, 0.1) is 0 Å². The standard InChI is InChI=1S/C13H22N2O2/c1-4-14-13-6-5-12(9-15-13)10-16-7-8-17-11(2)3/h5-6,9,11H,4,7-8,10H2,1-3H3,(H,14,15). The maximum atomic E-state index is 5.48. The van der Waals surface area contributed by atoms with Crippen molar-refractivity contribution in [3.8, 4) is 0 Å². The molecule has 0 aromatic carbocycles. The normalized spacial score (nSPS) is 10.8. The van der Waals surface area contributed by atoms with E-state index >= 15 is 0 Å². The summed E-state index contributed by atoms with van der Waals surface area (Å²) in [6, 6.07) is 3.99. The molecule has 0 unspecified atom stereocenters. The van der Waals surface area contributed by atoms with Gasteiger partial charge in [0.15, 0.2) is 0 Å². The molecule has 96 valence electrons. The summed E-state index contributed by atoms with van der Waals surface area (Å²) in [5.74, 6) is 0.902. The SMILES string of the molecule is CCNc1ccc(COCCOC(C)C)cn1. The van der Waals surface area contributed by atoms with Crippen LogP contribution in [0.15, 0.2) is 18.3 Å². The molecule has 0 atom stereocenters. The summed E-state index contributed by atoms with van der Waals surface area (Å²) in [6.45, 7) is 8.81. The van der Waals surface area contributed by atoms with Gasteiger partial charge in [-0.1, -0.05) is 6.07 Å². The lowest BCUT2D eigenvalue weighted by Crippen LogP contribution is -2.09. The largest absolute Gasteiger partial charge is 0.376 e. The Labute approximate surface area is 103 Å². The number of ether oxygens (including phenoxy) is 2. The molecular weight excluding hydrogens is 216 g/mol. The van der Waals surface area contributed by atoms with Gasteiger partial charge in [0.1, 0.15) is 5.82 Å². The average molecular weight is 238 g/mol. The van der Waals surface area contributed by atoms with Gasteiger partial charge in [-0.15, -0.1) is 0 Å². The van der Waals surface area contributed by atoms with Gasteiger partial charge in [-0.05, 0) is 32.4 Å². The van der Waals surface area contributed by atoms with Gasteiger partial charge >= 0.3 is 0 Å². The number of pyridine rings is 1.